The van der Waals surface area contributed by atoms with Gasteiger partial charge in [0.1, 0.15) is 5.82 Å². The van der Waals surface area contributed by atoms with Crippen LogP contribution in [0.1, 0.15) is 20.7 Å². The third-order valence-electron chi connectivity index (χ3n) is 3.63. The van der Waals surface area contributed by atoms with Crippen molar-refractivity contribution in [1.29, 1.82) is 0 Å². The number of amides is 2. The number of carbonyl (C=O) groups is 2. The van der Waals surface area contributed by atoms with Gasteiger partial charge in [0.05, 0.1) is 5.56 Å². The van der Waals surface area contributed by atoms with E-state index in [9.17, 15) is 14.0 Å². The maximum Gasteiger partial charge on any atom is 0.258 e. The second-order valence-electron chi connectivity index (χ2n) is 5.47. The van der Waals surface area contributed by atoms with Gasteiger partial charge in [-0.15, -0.1) is 0 Å². The molecule has 0 aliphatic heterocycles. The third-order valence-corrected chi connectivity index (χ3v) is 4.34. The first-order valence-corrected chi connectivity index (χ1v) is 8.84. The number of carbonyl (C=O) groups excluding carboxylic acids is 2. The van der Waals surface area contributed by atoms with Crippen LogP contribution in [0, 0.1) is 9.39 Å². The van der Waals surface area contributed by atoms with Gasteiger partial charge in [-0.1, -0.05) is 12.1 Å². The molecule has 2 N–H and O–H groups in total. The van der Waals surface area contributed by atoms with Gasteiger partial charge < -0.3 is 10.6 Å². The Hall–Kier alpha value is -2.74. The summed E-state index contributed by atoms with van der Waals surface area (Å²) < 4.78 is 14.7. The molecular formula is C20H14FIN2O2. The average molecular weight is 460 g/mol. The zero-order valence-corrected chi connectivity index (χ0v) is 15.7. The van der Waals surface area contributed by atoms with E-state index >= 15 is 0 Å². The molecule has 6 heteroatoms. The van der Waals surface area contributed by atoms with Crippen molar-refractivity contribution in [3.05, 3.63) is 93.3 Å². The molecule has 0 fully saturated rings. The Bertz CT molecular complexity index is 941. The Morgan fingerprint density at radius 1 is 0.731 bits per heavy atom. The first-order valence-electron chi connectivity index (χ1n) is 7.76. The number of hydrogen-bond acceptors (Lipinski definition) is 2. The fourth-order valence-electron chi connectivity index (χ4n) is 2.29. The Kier molecular flexibility index (Phi) is 5.62. The summed E-state index contributed by atoms with van der Waals surface area (Å²) in [4.78, 5) is 24.3. The van der Waals surface area contributed by atoms with Gasteiger partial charge in [0.2, 0.25) is 0 Å². The molecule has 0 atom stereocenters. The molecule has 4 nitrogen and oxygen atoms in total. The molecule has 3 aromatic rings. The highest BCUT2D eigenvalue weighted by molar-refractivity contribution is 14.1. The second-order valence-corrected chi connectivity index (χ2v) is 6.72. The molecule has 130 valence electrons. The number of nitrogens with one attached hydrogen (secondary N) is 2. The van der Waals surface area contributed by atoms with Gasteiger partial charge >= 0.3 is 0 Å². The normalized spacial score (nSPS) is 10.2. The van der Waals surface area contributed by atoms with Crippen LogP contribution in [-0.4, -0.2) is 11.8 Å². The van der Waals surface area contributed by atoms with E-state index in [2.05, 4.69) is 33.2 Å². The van der Waals surface area contributed by atoms with Gasteiger partial charge in [0.25, 0.3) is 11.8 Å². The fraction of sp³-hybridized carbons (Fsp3) is 0. The maximum absolute atomic E-state index is 13.6. The standard InChI is InChI=1S/C20H14FIN2O2/c21-18-4-2-1-3-17(18)20(26)24-16-11-9-15(10-12-16)23-19(25)13-5-7-14(22)8-6-13/h1-12H,(H,23,25)(H,24,26). The van der Waals surface area contributed by atoms with Crippen molar-refractivity contribution in [2.24, 2.45) is 0 Å². The van der Waals surface area contributed by atoms with Gasteiger partial charge in [-0.3, -0.25) is 9.59 Å². The lowest BCUT2D eigenvalue weighted by molar-refractivity contribution is 0.101. The van der Waals surface area contributed by atoms with Crippen LogP contribution in [0.3, 0.4) is 0 Å². The van der Waals surface area contributed by atoms with Crippen LogP contribution in [0.4, 0.5) is 15.8 Å². The summed E-state index contributed by atoms with van der Waals surface area (Å²) >= 11 is 2.17. The summed E-state index contributed by atoms with van der Waals surface area (Å²) in [6.07, 6.45) is 0. The number of rotatable bonds is 4. The predicted molar refractivity (Wildman–Crippen MR) is 108 cm³/mol. The largest absolute Gasteiger partial charge is 0.322 e. The quantitative estimate of drug-likeness (QED) is 0.543. The highest BCUT2D eigenvalue weighted by Crippen LogP contribution is 2.17. The van der Waals surface area contributed by atoms with Gasteiger partial charge in [-0.25, -0.2) is 4.39 Å². The minimum atomic E-state index is -0.577. The van der Waals surface area contributed by atoms with E-state index in [1.807, 2.05) is 12.1 Å². The monoisotopic (exact) mass is 460 g/mol. The van der Waals surface area contributed by atoms with E-state index in [4.69, 9.17) is 0 Å². The zero-order valence-electron chi connectivity index (χ0n) is 13.5. The Labute approximate surface area is 163 Å². The highest BCUT2D eigenvalue weighted by atomic mass is 127. The molecule has 0 aliphatic carbocycles. The molecule has 0 bridgehead atoms. The fourth-order valence-corrected chi connectivity index (χ4v) is 2.64. The first-order chi connectivity index (χ1) is 12.5. The molecule has 0 radical (unpaired) electrons. The van der Waals surface area contributed by atoms with Gasteiger partial charge in [0.15, 0.2) is 0 Å². The van der Waals surface area contributed by atoms with Crippen molar-refractivity contribution in [2.75, 3.05) is 10.6 Å². The molecule has 0 aromatic heterocycles. The van der Waals surface area contributed by atoms with Crippen molar-refractivity contribution >= 4 is 45.8 Å². The zero-order chi connectivity index (χ0) is 18.5. The molecule has 3 rings (SSSR count). The van der Waals surface area contributed by atoms with Crippen LogP contribution < -0.4 is 10.6 Å². The number of anilines is 2. The third kappa shape index (κ3) is 4.45. The van der Waals surface area contributed by atoms with Crippen LogP contribution in [0.25, 0.3) is 0 Å². The van der Waals surface area contributed by atoms with Crippen molar-refractivity contribution in [2.45, 2.75) is 0 Å². The van der Waals surface area contributed by atoms with E-state index in [1.54, 1.807) is 42.5 Å². The van der Waals surface area contributed by atoms with Gasteiger partial charge in [-0.2, -0.15) is 0 Å². The summed E-state index contributed by atoms with van der Waals surface area (Å²) in [5.41, 5.74) is 1.63. The van der Waals surface area contributed by atoms with E-state index in [0.717, 1.165) is 3.57 Å². The highest BCUT2D eigenvalue weighted by Gasteiger charge is 2.11. The first kappa shape index (κ1) is 18.1. The lowest BCUT2D eigenvalue weighted by Crippen LogP contribution is -2.14. The van der Waals surface area contributed by atoms with E-state index in [-0.39, 0.29) is 11.5 Å². The number of benzene rings is 3. The van der Waals surface area contributed by atoms with Crippen LogP contribution >= 0.6 is 22.6 Å². The molecule has 0 spiro atoms. The molecule has 0 heterocycles. The van der Waals surface area contributed by atoms with E-state index < -0.39 is 11.7 Å². The predicted octanol–water partition coefficient (Wildman–Crippen LogP) is 4.93. The SMILES string of the molecule is O=C(Nc1ccc(NC(=O)c2ccccc2F)cc1)c1ccc(I)cc1. The Morgan fingerprint density at radius 2 is 1.27 bits per heavy atom. The van der Waals surface area contributed by atoms with Crippen LogP contribution in [0.15, 0.2) is 72.8 Å². The summed E-state index contributed by atoms with van der Waals surface area (Å²) in [6, 6.07) is 19.6. The van der Waals surface area contributed by atoms with E-state index in [1.165, 1.54) is 18.2 Å². The summed E-state index contributed by atoms with van der Waals surface area (Å²) in [5, 5.41) is 5.41. The van der Waals surface area contributed by atoms with Crippen molar-refractivity contribution in [3.63, 3.8) is 0 Å². The Balaban J connectivity index is 1.65. The molecule has 0 saturated carbocycles. The second kappa shape index (κ2) is 8.09. The molecule has 0 aliphatic rings. The van der Waals surface area contributed by atoms with Crippen LogP contribution in [0.2, 0.25) is 0 Å². The number of hydrogen-bond donors (Lipinski definition) is 2. The van der Waals surface area contributed by atoms with Crippen LogP contribution in [-0.2, 0) is 0 Å². The minimum absolute atomic E-state index is 0.0245. The molecule has 0 unspecified atom stereocenters. The topological polar surface area (TPSA) is 58.2 Å². The Morgan fingerprint density at radius 3 is 1.85 bits per heavy atom. The summed E-state index contributed by atoms with van der Waals surface area (Å²) in [7, 11) is 0. The molecule has 26 heavy (non-hydrogen) atoms. The lowest BCUT2D eigenvalue weighted by Gasteiger charge is -2.08. The molecule has 2 amide bonds. The summed E-state index contributed by atoms with van der Waals surface area (Å²) in [5.74, 6) is -1.32. The minimum Gasteiger partial charge on any atom is -0.322 e. The van der Waals surface area contributed by atoms with Crippen molar-refractivity contribution < 1.29 is 14.0 Å². The van der Waals surface area contributed by atoms with Crippen molar-refractivity contribution in [3.8, 4) is 0 Å². The lowest BCUT2D eigenvalue weighted by atomic mass is 10.2. The van der Waals surface area contributed by atoms with Crippen molar-refractivity contribution in [1.82, 2.24) is 0 Å². The number of halogens is 2. The molecular weight excluding hydrogens is 446 g/mol. The van der Waals surface area contributed by atoms with Gasteiger partial charge in [0, 0.05) is 20.5 Å². The maximum atomic E-state index is 13.6. The van der Waals surface area contributed by atoms with Crippen LogP contribution in [0.5, 0.6) is 0 Å². The molecule has 3 aromatic carbocycles. The average Bonchev–Trinajstić information content (AvgIpc) is 2.64. The van der Waals surface area contributed by atoms with E-state index in [0.29, 0.717) is 16.9 Å². The molecule has 0 saturated heterocycles. The van der Waals surface area contributed by atoms with Gasteiger partial charge in [-0.05, 0) is 83.3 Å². The summed E-state index contributed by atoms with van der Waals surface area (Å²) in [6.45, 7) is 0. The smallest absolute Gasteiger partial charge is 0.258 e.